The van der Waals surface area contributed by atoms with Crippen LogP contribution in [0.4, 0.5) is 0 Å². The summed E-state index contributed by atoms with van der Waals surface area (Å²) < 4.78 is 0. The molecule has 2 aliphatic rings. The molecule has 4 nitrogen and oxygen atoms in total. The molecular formula is C19H27Cl2N3O. The van der Waals surface area contributed by atoms with E-state index in [4.69, 9.17) is 28.9 Å². The van der Waals surface area contributed by atoms with E-state index in [-0.39, 0.29) is 23.9 Å². The highest BCUT2D eigenvalue weighted by Crippen LogP contribution is 2.25. The summed E-state index contributed by atoms with van der Waals surface area (Å²) in [6, 6.07) is 6.28. The van der Waals surface area contributed by atoms with Crippen LogP contribution in [-0.2, 0) is 11.3 Å². The monoisotopic (exact) mass is 383 g/mol. The summed E-state index contributed by atoms with van der Waals surface area (Å²) in [5, 5.41) is 4.45. The van der Waals surface area contributed by atoms with Crippen LogP contribution >= 0.6 is 23.2 Å². The highest BCUT2D eigenvalue weighted by atomic mass is 35.5. The van der Waals surface area contributed by atoms with Gasteiger partial charge < -0.3 is 11.1 Å². The fourth-order valence-electron chi connectivity index (χ4n) is 3.92. The van der Waals surface area contributed by atoms with Crippen molar-refractivity contribution >= 4 is 29.1 Å². The van der Waals surface area contributed by atoms with Gasteiger partial charge in [0.2, 0.25) is 5.91 Å². The van der Waals surface area contributed by atoms with Gasteiger partial charge in [-0.2, -0.15) is 0 Å². The molecule has 2 unspecified atom stereocenters. The lowest BCUT2D eigenvalue weighted by atomic mass is 9.85. The number of rotatable bonds is 4. The van der Waals surface area contributed by atoms with Crippen LogP contribution in [0.5, 0.6) is 0 Å². The quantitative estimate of drug-likeness (QED) is 0.834. The lowest BCUT2D eigenvalue weighted by molar-refractivity contribution is -0.127. The van der Waals surface area contributed by atoms with Crippen molar-refractivity contribution in [1.29, 1.82) is 0 Å². The molecule has 1 heterocycles. The number of nitrogens with one attached hydrogen (secondary N) is 1. The van der Waals surface area contributed by atoms with Gasteiger partial charge in [-0.3, -0.25) is 9.69 Å². The van der Waals surface area contributed by atoms with Crippen molar-refractivity contribution in [2.75, 3.05) is 13.1 Å². The number of nitrogens with zero attached hydrogens (tertiary/aromatic N) is 1. The second-order valence-electron chi connectivity index (χ2n) is 7.43. The second kappa shape index (κ2) is 8.72. The lowest BCUT2D eigenvalue weighted by Gasteiger charge is -2.34. The van der Waals surface area contributed by atoms with Gasteiger partial charge >= 0.3 is 0 Å². The fraction of sp³-hybridized carbons (Fsp3) is 0.632. The number of carbonyl (C=O) groups excluding carboxylic acids is 1. The topological polar surface area (TPSA) is 58.4 Å². The van der Waals surface area contributed by atoms with Crippen molar-refractivity contribution in [3.63, 3.8) is 0 Å². The van der Waals surface area contributed by atoms with E-state index in [1.807, 2.05) is 18.2 Å². The third kappa shape index (κ3) is 5.33. The van der Waals surface area contributed by atoms with Crippen molar-refractivity contribution in [2.45, 2.75) is 57.2 Å². The summed E-state index contributed by atoms with van der Waals surface area (Å²) in [6.07, 6.45) is 5.92. The van der Waals surface area contributed by atoms with Gasteiger partial charge in [0, 0.05) is 37.6 Å². The molecule has 0 bridgehead atoms. The highest BCUT2D eigenvalue weighted by molar-refractivity contribution is 6.42. The Morgan fingerprint density at radius 1 is 1.16 bits per heavy atom. The molecule has 1 aromatic rings. The molecule has 0 aromatic heterocycles. The molecule has 138 valence electrons. The molecule has 2 fully saturated rings. The molecule has 1 aliphatic heterocycles. The minimum atomic E-state index is 0.109. The van der Waals surface area contributed by atoms with Crippen LogP contribution in [0.2, 0.25) is 10.0 Å². The summed E-state index contributed by atoms with van der Waals surface area (Å²) in [6.45, 7) is 2.83. The number of benzene rings is 1. The number of hydrogen-bond acceptors (Lipinski definition) is 3. The van der Waals surface area contributed by atoms with Crippen LogP contribution in [0.1, 0.15) is 44.1 Å². The molecule has 1 aromatic carbocycles. The van der Waals surface area contributed by atoms with Crippen molar-refractivity contribution in [3.05, 3.63) is 33.8 Å². The third-order valence-corrected chi connectivity index (χ3v) is 6.15. The maximum Gasteiger partial charge on any atom is 0.223 e. The van der Waals surface area contributed by atoms with Crippen molar-refractivity contribution < 1.29 is 4.79 Å². The smallest absolute Gasteiger partial charge is 0.223 e. The number of nitrogens with two attached hydrogens (primary N) is 1. The molecule has 3 N–H and O–H groups in total. The van der Waals surface area contributed by atoms with E-state index in [0.717, 1.165) is 58.2 Å². The fourth-order valence-corrected chi connectivity index (χ4v) is 4.24. The Kier molecular flexibility index (Phi) is 6.61. The minimum Gasteiger partial charge on any atom is -0.353 e. The average Bonchev–Trinajstić information content (AvgIpc) is 2.60. The summed E-state index contributed by atoms with van der Waals surface area (Å²) in [5.74, 6) is 0.316. The highest BCUT2D eigenvalue weighted by Gasteiger charge is 2.28. The van der Waals surface area contributed by atoms with Gasteiger partial charge in [-0.25, -0.2) is 0 Å². The molecule has 1 aliphatic carbocycles. The first kappa shape index (κ1) is 19.0. The third-order valence-electron chi connectivity index (χ3n) is 5.41. The number of likely N-dealkylation sites (tertiary alicyclic amines) is 1. The predicted octanol–water partition coefficient (Wildman–Crippen LogP) is 3.59. The number of hydrogen-bond donors (Lipinski definition) is 2. The Labute approximate surface area is 160 Å². The summed E-state index contributed by atoms with van der Waals surface area (Å²) in [4.78, 5) is 14.8. The Bertz CT molecular complexity index is 602. The largest absolute Gasteiger partial charge is 0.353 e. The zero-order chi connectivity index (χ0) is 17.8. The van der Waals surface area contributed by atoms with Gasteiger partial charge in [-0.05, 0) is 49.8 Å². The van der Waals surface area contributed by atoms with E-state index in [2.05, 4.69) is 10.2 Å². The molecule has 0 spiro atoms. The molecule has 1 amide bonds. The van der Waals surface area contributed by atoms with Gasteiger partial charge in [0.05, 0.1) is 10.0 Å². The van der Waals surface area contributed by atoms with Crippen LogP contribution in [0.15, 0.2) is 18.2 Å². The summed E-state index contributed by atoms with van der Waals surface area (Å²) >= 11 is 12.1. The number of amides is 1. The van der Waals surface area contributed by atoms with Crippen LogP contribution < -0.4 is 11.1 Å². The zero-order valence-electron chi connectivity index (χ0n) is 14.5. The first-order chi connectivity index (χ1) is 12.0. The molecule has 6 heteroatoms. The maximum absolute atomic E-state index is 12.4. The predicted molar refractivity (Wildman–Crippen MR) is 103 cm³/mol. The number of piperidine rings is 1. The van der Waals surface area contributed by atoms with E-state index >= 15 is 0 Å². The van der Waals surface area contributed by atoms with Crippen molar-refractivity contribution in [1.82, 2.24) is 10.2 Å². The van der Waals surface area contributed by atoms with Gasteiger partial charge in [0.15, 0.2) is 0 Å². The van der Waals surface area contributed by atoms with E-state index in [1.54, 1.807) is 0 Å². The van der Waals surface area contributed by atoms with Crippen LogP contribution in [0.25, 0.3) is 0 Å². The van der Waals surface area contributed by atoms with Crippen molar-refractivity contribution in [3.8, 4) is 0 Å². The summed E-state index contributed by atoms with van der Waals surface area (Å²) in [5.41, 5.74) is 7.18. The SMILES string of the molecule is NC1CCCC(C(=O)NC2CCN(Cc3ccc(Cl)c(Cl)c3)CC2)C1. The Morgan fingerprint density at radius 2 is 1.92 bits per heavy atom. The number of carbonyl (C=O) groups is 1. The minimum absolute atomic E-state index is 0.109. The standard InChI is InChI=1S/C19H27Cl2N3O/c20-17-5-4-13(10-18(17)21)12-24-8-6-16(7-9-24)23-19(25)14-2-1-3-15(22)11-14/h4-5,10,14-16H,1-3,6-9,11-12,22H2,(H,23,25). The zero-order valence-corrected chi connectivity index (χ0v) is 16.0. The van der Waals surface area contributed by atoms with Crippen molar-refractivity contribution in [2.24, 2.45) is 11.7 Å². The molecule has 0 radical (unpaired) electrons. The van der Waals surface area contributed by atoms with E-state index < -0.39 is 0 Å². The van der Waals surface area contributed by atoms with Gasteiger partial charge in [-0.15, -0.1) is 0 Å². The second-order valence-corrected chi connectivity index (χ2v) is 8.25. The number of halogens is 2. The van der Waals surface area contributed by atoms with Gasteiger partial charge in [0.25, 0.3) is 0 Å². The molecular weight excluding hydrogens is 357 g/mol. The molecule has 3 rings (SSSR count). The Hall–Kier alpha value is -0.810. The van der Waals surface area contributed by atoms with Crippen LogP contribution in [0, 0.1) is 5.92 Å². The maximum atomic E-state index is 12.4. The Morgan fingerprint density at radius 3 is 2.60 bits per heavy atom. The van der Waals surface area contributed by atoms with E-state index in [0.29, 0.717) is 10.0 Å². The lowest BCUT2D eigenvalue weighted by Crippen LogP contribution is -2.47. The summed E-state index contributed by atoms with van der Waals surface area (Å²) in [7, 11) is 0. The van der Waals surface area contributed by atoms with Gasteiger partial charge in [0.1, 0.15) is 0 Å². The molecule has 1 saturated carbocycles. The van der Waals surface area contributed by atoms with E-state index in [1.165, 1.54) is 5.56 Å². The molecule has 25 heavy (non-hydrogen) atoms. The van der Waals surface area contributed by atoms with Gasteiger partial charge in [-0.1, -0.05) is 35.7 Å². The Balaban J connectivity index is 1.43. The van der Waals surface area contributed by atoms with Crippen LogP contribution in [0.3, 0.4) is 0 Å². The molecule has 1 saturated heterocycles. The van der Waals surface area contributed by atoms with E-state index in [9.17, 15) is 4.79 Å². The van der Waals surface area contributed by atoms with Crippen LogP contribution in [-0.4, -0.2) is 36.0 Å². The first-order valence-electron chi connectivity index (χ1n) is 9.23. The normalized spacial score (nSPS) is 25.7. The first-order valence-corrected chi connectivity index (χ1v) is 9.99. The average molecular weight is 384 g/mol. The molecule has 2 atom stereocenters.